The van der Waals surface area contributed by atoms with Crippen LogP contribution in [0.25, 0.3) is 22.0 Å². The summed E-state index contributed by atoms with van der Waals surface area (Å²) in [5, 5.41) is 21.1. The van der Waals surface area contributed by atoms with Crippen LogP contribution in [0.3, 0.4) is 0 Å². The Labute approximate surface area is 111 Å². The maximum absolute atomic E-state index is 10.1. The lowest BCUT2D eigenvalue weighted by molar-refractivity contribution is 0.458. The minimum absolute atomic E-state index is 0.183. The Balaban J connectivity index is 2.36. The van der Waals surface area contributed by atoms with E-state index >= 15 is 0 Å². The van der Waals surface area contributed by atoms with Gasteiger partial charge in [0.25, 0.3) is 0 Å². The van der Waals surface area contributed by atoms with Gasteiger partial charge in [-0.1, -0.05) is 18.2 Å². The minimum Gasteiger partial charge on any atom is -0.508 e. The van der Waals surface area contributed by atoms with Gasteiger partial charge in [0.1, 0.15) is 11.5 Å². The average Bonchev–Trinajstić information content (AvgIpc) is 2.70. The molecule has 2 aromatic carbocycles. The Bertz CT molecular complexity index is 772. The fraction of sp³-hybridized carbons (Fsp3) is 0.125. The molecular formula is C16H15NO2. The normalized spacial score (nSPS) is 11.1. The van der Waals surface area contributed by atoms with Crippen LogP contribution in [0, 0.1) is 13.8 Å². The first-order valence-corrected chi connectivity index (χ1v) is 6.18. The van der Waals surface area contributed by atoms with E-state index in [1.54, 1.807) is 19.1 Å². The molecule has 3 nitrogen and oxygen atoms in total. The lowest BCUT2D eigenvalue weighted by Gasteiger charge is -2.08. The fourth-order valence-electron chi connectivity index (χ4n) is 2.51. The lowest BCUT2D eigenvalue weighted by Crippen LogP contribution is -1.84. The van der Waals surface area contributed by atoms with Crippen molar-refractivity contribution in [3.63, 3.8) is 0 Å². The molecule has 0 spiro atoms. The number of aryl methyl sites for hydroxylation is 2. The largest absolute Gasteiger partial charge is 0.508 e. The molecule has 0 saturated heterocycles. The van der Waals surface area contributed by atoms with Gasteiger partial charge < -0.3 is 15.2 Å². The maximum Gasteiger partial charge on any atom is 0.124 e. The molecule has 19 heavy (non-hydrogen) atoms. The van der Waals surface area contributed by atoms with Gasteiger partial charge in [-0.2, -0.15) is 0 Å². The number of aromatic hydroxyl groups is 2. The number of phenols is 2. The van der Waals surface area contributed by atoms with Crippen molar-refractivity contribution in [1.29, 1.82) is 0 Å². The lowest BCUT2D eigenvalue weighted by atomic mass is 9.99. The van der Waals surface area contributed by atoms with Crippen LogP contribution in [0.4, 0.5) is 0 Å². The van der Waals surface area contributed by atoms with E-state index in [1.165, 1.54) is 0 Å². The van der Waals surface area contributed by atoms with Crippen molar-refractivity contribution in [3.8, 4) is 22.6 Å². The number of phenolic OH excluding ortho intramolecular Hbond substituents is 2. The van der Waals surface area contributed by atoms with Gasteiger partial charge in [0.2, 0.25) is 0 Å². The molecule has 0 fully saturated rings. The molecule has 0 unspecified atom stereocenters. The minimum atomic E-state index is 0.183. The van der Waals surface area contributed by atoms with Gasteiger partial charge in [0.15, 0.2) is 0 Å². The van der Waals surface area contributed by atoms with E-state index in [0.29, 0.717) is 11.1 Å². The summed E-state index contributed by atoms with van der Waals surface area (Å²) >= 11 is 0. The van der Waals surface area contributed by atoms with E-state index < -0.39 is 0 Å². The number of aromatic nitrogens is 1. The first kappa shape index (κ1) is 11.7. The van der Waals surface area contributed by atoms with Crippen LogP contribution in [0.15, 0.2) is 36.4 Å². The van der Waals surface area contributed by atoms with Crippen LogP contribution < -0.4 is 0 Å². The molecule has 3 N–H and O–H groups in total. The summed E-state index contributed by atoms with van der Waals surface area (Å²) in [5.74, 6) is 0.376. The third kappa shape index (κ3) is 1.74. The standard InChI is InChI=1S/C16H15NO2/c1-9-7-15(19)12(8-14(9)18)16-10(2)17-13-6-4-3-5-11(13)16/h3-8,17-19H,1-2H3. The third-order valence-corrected chi connectivity index (χ3v) is 3.48. The summed E-state index contributed by atoms with van der Waals surface area (Å²) in [6.07, 6.45) is 0. The molecular weight excluding hydrogens is 238 g/mol. The average molecular weight is 253 g/mol. The topological polar surface area (TPSA) is 56.2 Å². The van der Waals surface area contributed by atoms with E-state index in [9.17, 15) is 10.2 Å². The van der Waals surface area contributed by atoms with E-state index in [-0.39, 0.29) is 11.5 Å². The molecule has 3 aromatic rings. The van der Waals surface area contributed by atoms with E-state index in [4.69, 9.17) is 0 Å². The van der Waals surface area contributed by atoms with Crippen molar-refractivity contribution in [3.05, 3.63) is 47.7 Å². The number of para-hydroxylation sites is 1. The number of benzene rings is 2. The summed E-state index contributed by atoms with van der Waals surface area (Å²) in [5.41, 5.74) is 4.24. The van der Waals surface area contributed by atoms with Gasteiger partial charge >= 0.3 is 0 Å². The van der Waals surface area contributed by atoms with Crippen molar-refractivity contribution in [2.24, 2.45) is 0 Å². The van der Waals surface area contributed by atoms with Crippen LogP contribution in [-0.2, 0) is 0 Å². The van der Waals surface area contributed by atoms with Crippen molar-refractivity contribution in [2.75, 3.05) is 0 Å². The molecule has 0 aliphatic rings. The van der Waals surface area contributed by atoms with Gasteiger partial charge in [0, 0.05) is 27.7 Å². The molecule has 0 saturated carbocycles. The van der Waals surface area contributed by atoms with Gasteiger partial charge in [-0.25, -0.2) is 0 Å². The van der Waals surface area contributed by atoms with Crippen LogP contribution >= 0.6 is 0 Å². The summed E-state index contributed by atoms with van der Waals surface area (Å²) in [4.78, 5) is 3.29. The summed E-state index contributed by atoms with van der Waals surface area (Å²) in [7, 11) is 0. The molecule has 0 amide bonds. The van der Waals surface area contributed by atoms with Gasteiger partial charge in [-0.15, -0.1) is 0 Å². The molecule has 0 radical (unpaired) electrons. The first-order chi connectivity index (χ1) is 9.08. The third-order valence-electron chi connectivity index (χ3n) is 3.48. The molecule has 1 heterocycles. The number of aromatic amines is 1. The maximum atomic E-state index is 10.1. The molecule has 1 aromatic heterocycles. The first-order valence-electron chi connectivity index (χ1n) is 6.18. The Morgan fingerprint density at radius 3 is 2.47 bits per heavy atom. The number of rotatable bonds is 1. The second-order valence-electron chi connectivity index (χ2n) is 4.83. The second-order valence-corrected chi connectivity index (χ2v) is 4.83. The van der Waals surface area contributed by atoms with Gasteiger partial charge in [-0.3, -0.25) is 0 Å². The molecule has 0 aliphatic carbocycles. The van der Waals surface area contributed by atoms with E-state index in [0.717, 1.165) is 22.2 Å². The predicted octanol–water partition coefficient (Wildman–Crippen LogP) is 3.86. The summed E-state index contributed by atoms with van der Waals surface area (Å²) in [6.45, 7) is 3.73. The smallest absolute Gasteiger partial charge is 0.124 e. The van der Waals surface area contributed by atoms with Crippen molar-refractivity contribution >= 4 is 10.9 Å². The van der Waals surface area contributed by atoms with Crippen molar-refractivity contribution < 1.29 is 10.2 Å². The predicted molar refractivity (Wildman–Crippen MR) is 76.5 cm³/mol. The summed E-state index contributed by atoms with van der Waals surface area (Å²) < 4.78 is 0. The molecule has 3 rings (SSSR count). The second kappa shape index (κ2) is 4.05. The van der Waals surface area contributed by atoms with Crippen LogP contribution in [0.5, 0.6) is 11.5 Å². The van der Waals surface area contributed by atoms with E-state index in [1.807, 2.05) is 31.2 Å². The highest BCUT2D eigenvalue weighted by Gasteiger charge is 2.15. The zero-order valence-electron chi connectivity index (χ0n) is 10.9. The van der Waals surface area contributed by atoms with Crippen LogP contribution in [0.1, 0.15) is 11.3 Å². The number of H-pyrrole nitrogens is 1. The van der Waals surface area contributed by atoms with Crippen LogP contribution in [-0.4, -0.2) is 15.2 Å². The zero-order valence-corrected chi connectivity index (χ0v) is 10.9. The highest BCUT2D eigenvalue weighted by Crippen LogP contribution is 2.40. The van der Waals surface area contributed by atoms with Crippen LogP contribution in [0.2, 0.25) is 0 Å². The van der Waals surface area contributed by atoms with Gasteiger partial charge in [-0.05, 0) is 37.6 Å². The number of nitrogens with one attached hydrogen (secondary N) is 1. The fourth-order valence-corrected chi connectivity index (χ4v) is 2.51. The molecule has 0 bridgehead atoms. The van der Waals surface area contributed by atoms with E-state index in [2.05, 4.69) is 4.98 Å². The monoisotopic (exact) mass is 253 g/mol. The molecule has 3 heteroatoms. The molecule has 0 aliphatic heterocycles. The Morgan fingerprint density at radius 2 is 1.68 bits per heavy atom. The highest BCUT2D eigenvalue weighted by molar-refractivity contribution is 5.99. The SMILES string of the molecule is Cc1cc(O)c(-c2c(C)[nH]c3ccccc23)cc1O. The number of hydrogen-bond donors (Lipinski definition) is 3. The van der Waals surface area contributed by atoms with Crippen molar-refractivity contribution in [1.82, 2.24) is 4.98 Å². The Hall–Kier alpha value is -2.42. The highest BCUT2D eigenvalue weighted by atomic mass is 16.3. The number of hydrogen-bond acceptors (Lipinski definition) is 2. The summed E-state index contributed by atoms with van der Waals surface area (Å²) in [6, 6.07) is 11.1. The van der Waals surface area contributed by atoms with Crippen molar-refractivity contribution in [2.45, 2.75) is 13.8 Å². The molecule has 0 atom stereocenters. The van der Waals surface area contributed by atoms with Gasteiger partial charge in [0.05, 0.1) is 0 Å². The Kier molecular flexibility index (Phi) is 2.49. The zero-order chi connectivity index (χ0) is 13.6. The Morgan fingerprint density at radius 1 is 0.947 bits per heavy atom. The molecule has 96 valence electrons. The quantitative estimate of drug-likeness (QED) is 0.577. The number of fused-ring (bicyclic) bond motifs is 1.